The normalized spacial score (nSPS) is 36.2. The number of ether oxygens (including phenoxy) is 2. The molecule has 1 saturated heterocycles. The Labute approximate surface area is 73.0 Å². The van der Waals surface area contributed by atoms with Gasteiger partial charge in [0.2, 0.25) is 0 Å². The Bertz CT molecular complexity index is 179. The molecule has 3 heteroatoms. The van der Waals surface area contributed by atoms with Gasteiger partial charge in [-0.3, -0.25) is 4.79 Å². The van der Waals surface area contributed by atoms with E-state index >= 15 is 0 Å². The first-order valence-corrected chi connectivity index (χ1v) is 4.23. The van der Waals surface area contributed by atoms with Crippen molar-refractivity contribution in [2.45, 2.75) is 20.3 Å². The van der Waals surface area contributed by atoms with Gasteiger partial charge in [0.1, 0.15) is 0 Å². The van der Waals surface area contributed by atoms with E-state index in [1.165, 1.54) is 0 Å². The van der Waals surface area contributed by atoms with E-state index in [2.05, 4.69) is 6.92 Å². The molecule has 1 heterocycles. The fourth-order valence-electron chi connectivity index (χ4n) is 1.72. The van der Waals surface area contributed by atoms with E-state index < -0.39 is 0 Å². The van der Waals surface area contributed by atoms with E-state index in [1.54, 1.807) is 7.11 Å². The van der Waals surface area contributed by atoms with Crippen LogP contribution >= 0.6 is 0 Å². The molecule has 0 aromatic carbocycles. The van der Waals surface area contributed by atoms with Gasteiger partial charge in [0, 0.05) is 12.5 Å². The molecule has 0 spiro atoms. The highest BCUT2D eigenvalue weighted by Gasteiger charge is 2.36. The van der Waals surface area contributed by atoms with Crippen molar-refractivity contribution in [1.82, 2.24) is 0 Å². The minimum atomic E-state index is -0.0800. The second-order valence-electron chi connectivity index (χ2n) is 3.96. The number of rotatable bonds is 2. The SMILES string of the molecule is COC[C@]1(C)COC(=O)[C@H](C)C1. The second-order valence-corrected chi connectivity index (χ2v) is 3.96. The summed E-state index contributed by atoms with van der Waals surface area (Å²) in [7, 11) is 1.67. The molecule has 0 aromatic heterocycles. The predicted octanol–water partition coefficient (Wildman–Crippen LogP) is 1.22. The van der Waals surface area contributed by atoms with Crippen LogP contribution in [0.3, 0.4) is 0 Å². The number of hydrogen-bond acceptors (Lipinski definition) is 3. The zero-order valence-corrected chi connectivity index (χ0v) is 7.92. The Morgan fingerprint density at radius 2 is 2.42 bits per heavy atom. The lowest BCUT2D eigenvalue weighted by atomic mass is 9.81. The van der Waals surface area contributed by atoms with E-state index in [-0.39, 0.29) is 17.3 Å². The molecule has 0 saturated carbocycles. The number of hydrogen-bond donors (Lipinski definition) is 0. The molecule has 1 fully saturated rings. The third-order valence-corrected chi connectivity index (χ3v) is 2.26. The summed E-state index contributed by atoms with van der Waals surface area (Å²) in [5.41, 5.74) is 0.0159. The van der Waals surface area contributed by atoms with Gasteiger partial charge in [0.15, 0.2) is 0 Å². The second kappa shape index (κ2) is 3.44. The minimum Gasteiger partial charge on any atom is -0.465 e. The van der Waals surface area contributed by atoms with Crippen molar-refractivity contribution >= 4 is 5.97 Å². The Balaban J connectivity index is 2.54. The van der Waals surface area contributed by atoms with E-state index in [9.17, 15) is 4.79 Å². The third-order valence-electron chi connectivity index (χ3n) is 2.26. The Morgan fingerprint density at radius 3 is 2.92 bits per heavy atom. The lowest BCUT2D eigenvalue weighted by Gasteiger charge is -2.34. The van der Waals surface area contributed by atoms with E-state index in [1.807, 2.05) is 6.92 Å². The van der Waals surface area contributed by atoms with E-state index in [0.29, 0.717) is 13.2 Å². The van der Waals surface area contributed by atoms with Gasteiger partial charge in [-0.2, -0.15) is 0 Å². The average molecular weight is 172 g/mol. The fraction of sp³-hybridized carbons (Fsp3) is 0.889. The van der Waals surface area contributed by atoms with Crippen molar-refractivity contribution in [2.24, 2.45) is 11.3 Å². The Hall–Kier alpha value is -0.570. The molecule has 70 valence electrons. The maximum atomic E-state index is 11.0. The molecular formula is C9H16O3. The molecule has 1 aliphatic rings. The van der Waals surface area contributed by atoms with Gasteiger partial charge in [0.05, 0.1) is 19.1 Å². The molecule has 2 atom stereocenters. The molecule has 0 bridgehead atoms. The van der Waals surface area contributed by atoms with Crippen molar-refractivity contribution in [3.8, 4) is 0 Å². The van der Waals surface area contributed by atoms with Crippen molar-refractivity contribution in [3.63, 3.8) is 0 Å². The van der Waals surface area contributed by atoms with E-state index in [4.69, 9.17) is 9.47 Å². The topological polar surface area (TPSA) is 35.5 Å². The lowest BCUT2D eigenvalue weighted by Crippen LogP contribution is -2.39. The Kier molecular flexibility index (Phi) is 2.73. The van der Waals surface area contributed by atoms with Crippen LogP contribution in [0.15, 0.2) is 0 Å². The van der Waals surface area contributed by atoms with Gasteiger partial charge in [-0.25, -0.2) is 0 Å². The molecule has 0 N–H and O–H groups in total. The van der Waals surface area contributed by atoms with Crippen LogP contribution in [0.5, 0.6) is 0 Å². The summed E-state index contributed by atoms with van der Waals surface area (Å²) in [5, 5.41) is 0. The van der Waals surface area contributed by atoms with Gasteiger partial charge >= 0.3 is 5.97 Å². The van der Waals surface area contributed by atoms with Crippen LogP contribution in [0.4, 0.5) is 0 Å². The predicted molar refractivity (Wildman–Crippen MR) is 44.7 cm³/mol. The van der Waals surface area contributed by atoms with Gasteiger partial charge in [-0.15, -0.1) is 0 Å². The molecular weight excluding hydrogens is 156 g/mol. The van der Waals surface area contributed by atoms with Crippen molar-refractivity contribution in [1.29, 1.82) is 0 Å². The molecule has 3 nitrogen and oxygen atoms in total. The largest absolute Gasteiger partial charge is 0.465 e. The highest BCUT2D eigenvalue weighted by molar-refractivity contribution is 5.72. The van der Waals surface area contributed by atoms with Crippen LogP contribution < -0.4 is 0 Å². The quantitative estimate of drug-likeness (QED) is 0.587. The summed E-state index contributed by atoms with van der Waals surface area (Å²) >= 11 is 0. The molecule has 12 heavy (non-hydrogen) atoms. The average Bonchev–Trinajstić information content (AvgIpc) is 1.98. The first-order valence-electron chi connectivity index (χ1n) is 4.23. The van der Waals surface area contributed by atoms with Crippen LogP contribution in [-0.2, 0) is 14.3 Å². The summed E-state index contributed by atoms with van der Waals surface area (Å²) in [4.78, 5) is 11.0. The number of carbonyl (C=O) groups is 1. The van der Waals surface area contributed by atoms with Crippen LogP contribution in [0.2, 0.25) is 0 Å². The monoisotopic (exact) mass is 172 g/mol. The number of esters is 1. The maximum absolute atomic E-state index is 11.0. The standard InChI is InChI=1S/C9H16O3/c1-7-4-9(2,5-11-3)6-12-8(7)10/h7H,4-6H2,1-3H3/t7-,9-/m1/s1. The fourth-order valence-corrected chi connectivity index (χ4v) is 1.72. The first kappa shape index (κ1) is 9.52. The van der Waals surface area contributed by atoms with Gasteiger partial charge in [-0.1, -0.05) is 13.8 Å². The Morgan fingerprint density at radius 1 is 1.75 bits per heavy atom. The summed E-state index contributed by atoms with van der Waals surface area (Å²) in [5.74, 6) is -0.0671. The van der Waals surface area contributed by atoms with E-state index in [0.717, 1.165) is 6.42 Å². The number of carbonyl (C=O) groups excluding carboxylic acids is 1. The first-order chi connectivity index (χ1) is 5.57. The summed E-state index contributed by atoms with van der Waals surface area (Å²) in [6.45, 7) is 5.13. The van der Waals surface area contributed by atoms with Crippen molar-refractivity contribution in [2.75, 3.05) is 20.3 Å². The summed E-state index contributed by atoms with van der Waals surface area (Å²) in [6, 6.07) is 0. The molecule has 0 radical (unpaired) electrons. The minimum absolute atomic E-state index is 0.0129. The molecule has 0 unspecified atom stereocenters. The highest BCUT2D eigenvalue weighted by atomic mass is 16.5. The number of cyclic esters (lactones) is 1. The maximum Gasteiger partial charge on any atom is 0.308 e. The van der Waals surface area contributed by atoms with Gasteiger partial charge in [-0.05, 0) is 6.42 Å². The molecule has 0 amide bonds. The third kappa shape index (κ3) is 1.97. The molecule has 1 aliphatic heterocycles. The summed E-state index contributed by atoms with van der Waals surface area (Å²) < 4.78 is 10.1. The van der Waals surface area contributed by atoms with Gasteiger partial charge in [0.25, 0.3) is 0 Å². The zero-order valence-electron chi connectivity index (χ0n) is 7.92. The molecule has 0 aromatic rings. The van der Waals surface area contributed by atoms with Crippen LogP contribution in [-0.4, -0.2) is 26.3 Å². The summed E-state index contributed by atoms with van der Waals surface area (Å²) in [6.07, 6.45) is 0.861. The zero-order chi connectivity index (χ0) is 9.19. The van der Waals surface area contributed by atoms with Gasteiger partial charge < -0.3 is 9.47 Å². The van der Waals surface area contributed by atoms with Crippen LogP contribution in [0.25, 0.3) is 0 Å². The lowest BCUT2D eigenvalue weighted by molar-refractivity contribution is -0.162. The van der Waals surface area contributed by atoms with Crippen LogP contribution in [0.1, 0.15) is 20.3 Å². The highest BCUT2D eigenvalue weighted by Crippen LogP contribution is 2.31. The number of methoxy groups -OCH3 is 1. The molecule has 0 aliphatic carbocycles. The molecule has 1 rings (SSSR count). The van der Waals surface area contributed by atoms with Crippen LogP contribution in [0, 0.1) is 11.3 Å². The smallest absolute Gasteiger partial charge is 0.308 e. The van der Waals surface area contributed by atoms with Crippen molar-refractivity contribution < 1.29 is 14.3 Å². The van der Waals surface area contributed by atoms with Crippen molar-refractivity contribution in [3.05, 3.63) is 0 Å².